The first-order valence-electron chi connectivity index (χ1n) is 6.94. The molecule has 3 N–H and O–H groups in total. The molecule has 0 atom stereocenters. The van der Waals surface area contributed by atoms with E-state index in [0.717, 1.165) is 19.3 Å². The summed E-state index contributed by atoms with van der Waals surface area (Å²) < 4.78 is 1.71. The van der Waals surface area contributed by atoms with Crippen molar-refractivity contribution in [3.05, 3.63) is 22.8 Å². The van der Waals surface area contributed by atoms with E-state index in [-0.39, 0.29) is 11.7 Å². The second-order valence-corrected chi connectivity index (χ2v) is 4.50. The number of amides is 1. The van der Waals surface area contributed by atoms with Crippen LogP contribution in [0.2, 0.25) is 0 Å². The first kappa shape index (κ1) is 16.9. The monoisotopic (exact) mass is 293 g/mol. The molecule has 116 valence electrons. The Balaban J connectivity index is 0.00000106. The van der Waals surface area contributed by atoms with Gasteiger partial charge in [-0.1, -0.05) is 6.58 Å². The molecule has 1 saturated heterocycles. The zero-order valence-corrected chi connectivity index (χ0v) is 12.6. The first-order valence-corrected chi connectivity index (χ1v) is 6.94. The van der Waals surface area contributed by atoms with Gasteiger partial charge in [-0.05, 0) is 32.9 Å². The summed E-state index contributed by atoms with van der Waals surface area (Å²) in [5, 5.41) is 0. The van der Waals surface area contributed by atoms with E-state index < -0.39 is 0 Å². The number of imidazole rings is 1. The highest BCUT2D eigenvalue weighted by Gasteiger charge is 2.24. The number of H-pyrrole nitrogens is 1. The smallest absolute Gasteiger partial charge is 0.327 e. The number of likely N-dealkylation sites (tertiary alicyclic amines) is 1. The predicted octanol–water partition coefficient (Wildman–Crippen LogP) is 0.910. The Kier molecular flexibility index (Phi) is 6.61. The van der Waals surface area contributed by atoms with Gasteiger partial charge in [-0.25, -0.2) is 9.79 Å². The van der Waals surface area contributed by atoms with E-state index in [9.17, 15) is 9.59 Å². The normalized spacial score (nSPS) is 15.7. The second-order valence-electron chi connectivity index (χ2n) is 4.50. The average molecular weight is 293 g/mol. The van der Waals surface area contributed by atoms with Crippen molar-refractivity contribution in [1.29, 1.82) is 0 Å². The molecule has 0 spiro atoms. The molecule has 0 saturated carbocycles. The first-order chi connectivity index (χ1) is 10.2. The molecule has 0 aromatic carbocycles. The summed E-state index contributed by atoms with van der Waals surface area (Å²) in [7, 11) is 1.50. The van der Waals surface area contributed by atoms with Gasteiger partial charge in [0.1, 0.15) is 0 Å². The molecule has 0 radical (unpaired) electrons. The van der Waals surface area contributed by atoms with Crippen LogP contribution in [-0.4, -0.2) is 47.2 Å². The highest BCUT2D eigenvalue weighted by molar-refractivity contribution is 5.64. The van der Waals surface area contributed by atoms with E-state index in [2.05, 4.69) is 22.3 Å². The lowest BCUT2D eigenvalue weighted by molar-refractivity contribution is -0.119. The van der Waals surface area contributed by atoms with Crippen LogP contribution in [0.25, 0.3) is 6.08 Å². The fourth-order valence-corrected chi connectivity index (χ4v) is 2.48. The predicted molar refractivity (Wildman–Crippen MR) is 85.0 cm³/mol. The molecular formula is C14H23N5O2. The molecule has 2 heterocycles. The Morgan fingerprint density at radius 3 is 2.48 bits per heavy atom. The van der Waals surface area contributed by atoms with Crippen LogP contribution in [0.4, 0.5) is 5.82 Å². The number of hydrogen-bond donors (Lipinski definition) is 2. The molecule has 0 aliphatic carbocycles. The standard InChI is InChI=1S/C13H18N4O2.CH5N/c1-3-11-12(14-4-2)15-13(19)17(11)10-5-7-16(9-18)8-6-10;1-2/h3-4,9-10H,1,5-8H2,2H3,(H,15,19);2H2,1H3/b14-4-;. The number of aromatic nitrogens is 2. The van der Waals surface area contributed by atoms with Crippen molar-refractivity contribution in [2.45, 2.75) is 25.8 Å². The molecule has 7 heteroatoms. The van der Waals surface area contributed by atoms with Crippen molar-refractivity contribution < 1.29 is 4.79 Å². The van der Waals surface area contributed by atoms with Crippen LogP contribution in [0.1, 0.15) is 31.5 Å². The molecule has 1 aromatic heterocycles. The largest absolute Gasteiger partial charge is 0.345 e. The van der Waals surface area contributed by atoms with Gasteiger partial charge in [0.05, 0.1) is 5.69 Å². The third-order valence-electron chi connectivity index (χ3n) is 3.41. The number of aliphatic imine (C=N–C) groups is 1. The van der Waals surface area contributed by atoms with Gasteiger partial charge >= 0.3 is 5.69 Å². The van der Waals surface area contributed by atoms with Gasteiger partial charge < -0.3 is 10.6 Å². The summed E-state index contributed by atoms with van der Waals surface area (Å²) in [5.41, 5.74) is 5.05. The molecule has 0 bridgehead atoms. The minimum absolute atomic E-state index is 0.0914. The van der Waals surface area contributed by atoms with E-state index in [4.69, 9.17) is 0 Å². The quantitative estimate of drug-likeness (QED) is 0.638. The topological polar surface area (TPSA) is 96.5 Å². The second kappa shape index (κ2) is 8.21. The van der Waals surface area contributed by atoms with Gasteiger partial charge in [0.15, 0.2) is 5.82 Å². The molecular weight excluding hydrogens is 270 g/mol. The zero-order chi connectivity index (χ0) is 15.8. The molecule has 0 unspecified atom stereocenters. The zero-order valence-electron chi connectivity index (χ0n) is 12.6. The van der Waals surface area contributed by atoms with Crippen LogP contribution < -0.4 is 11.4 Å². The third-order valence-corrected chi connectivity index (χ3v) is 3.41. The van der Waals surface area contributed by atoms with Crippen LogP contribution in [0.5, 0.6) is 0 Å². The van der Waals surface area contributed by atoms with Crippen molar-refractivity contribution in [3.8, 4) is 0 Å². The van der Waals surface area contributed by atoms with Gasteiger partial charge in [-0.2, -0.15) is 0 Å². The van der Waals surface area contributed by atoms with Crippen LogP contribution in [-0.2, 0) is 4.79 Å². The maximum atomic E-state index is 12.0. The highest BCUT2D eigenvalue weighted by Crippen LogP contribution is 2.26. The molecule has 1 fully saturated rings. The van der Waals surface area contributed by atoms with E-state index >= 15 is 0 Å². The molecule has 1 aliphatic rings. The Hall–Kier alpha value is -2.15. The minimum Gasteiger partial charge on any atom is -0.345 e. The van der Waals surface area contributed by atoms with Crippen LogP contribution in [0.15, 0.2) is 16.4 Å². The van der Waals surface area contributed by atoms with Gasteiger partial charge in [0.25, 0.3) is 0 Å². The number of nitrogens with zero attached hydrogens (tertiary/aromatic N) is 3. The number of carbonyl (C=O) groups excluding carboxylic acids is 1. The summed E-state index contributed by atoms with van der Waals surface area (Å²) in [6.07, 6.45) is 5.68. The Bertz CT molecular complexity index is 550. The number of carbonyl (C=O) groups is 1. The molecule has 1 aliphatic heterocycles. The van der Waals surface area contributed by atoms with E-state index in [0.29, 0.717) is 24.6 Å². The van der Waals surface area contributed by atoms with Gasteiger partial charge in [-0.3, -0.25) is 14.3 Å². The lowest BCUT2D eigenvalue weighted by Gasteiger charge is -2.30. The van der Waals surface area contributed by atoms with Crippen molar-refractivity contribution in [2.24, 2.45) is 10.7 Å². The number of nitrogens with two attached hydrogens (primary N) is 1. The van der Waals surface area contributed by atoms with Crippen LogP contribution >= 0.6 is 0 Å². The fraction of sp³-hybridized carbons (Fsp3) is 0.500. The van der Waals surface area contributed by atoms with Gasteiger partial charge in [0.2, 0.25) is 6.41 Å². The van der Waals surface area contributed by atoms with Crippen molar-refractivity contribution in [2.75, 3.05) is 20.1 Å². The maximum Gasteiger partial charge on any atom is 0.327 e. The molecule has 1 amide bonds. The number of hydrogen-bond acceptors (Lipinski definition) is 4. The number of nitrogens with one attached hydrogen (secondary N) is 1. The fourth-order valence-electron chi connectivity index (χ4n) is 2.48. The van der Waals surface area contributed by atoms with E-state index in [1.165, 1.54) is 7.05 Å². The number of aromatic amines is 1. The number of rotatable bonds is 4. The summed E-state index contributed by atoms with van der Waals surface area (Å²) in [6, 6.07) is 0.0914. The molecule has 21 heavy (non-hydrogen) atoms. The summed E-state index contributed by atoms with van der Waals surface area (Å²) in [4.78, 5) is 31.4. The third kappa shape index (κ3) is 3.69. The van der Waals surface area contributed by atoms with E-state index in [1.807, 2.05) is 0 Å². The number of piperidine rings is 1. The summed E-state index contributed by atoms with van der Waals surface area (Å²) in [5.74, 6) is 0.542. The lowest BCUT2D eigenvalue weighted by atomic mass is 10.1. The summed E-state index contributed by atoms with van der Waals surface area (Å²) >= 11 is 0. The Labute approximate surface area is 124 Å². The van der Waals surface area contributed by atoms with Crippen molar-refractivity contribution in [3.63, 3.8) is 0 Å². The highest BCUT2D eigenvalue weighted by atomic mass is 16.1. The van der Waals surface area contributed by atoms with Crippen LogP contribution in [0.3, 0.4) is 0 Å². The molecule has 1 aromatic rings. The van der Waals surface area contributed by atoms with E-state index in [1.54, 1.807) is 28.7 Å². The molecule has 2 rings (SSSR count). The van der Waals surface area contributed by atoms with Gasteiger partial charge in [0, 0.05) is 25.3 Å². The van der Waals surface area contributed by atoms with Gasteiger partial charge in [-0.15, -0.1) is 0 Å². The SMILES string of the molecule is C=Cc1c(/N=C\C)[nH]c(=O)n1C1CCN(C=O)CC1.CN. The summed E-state index contributed by atoms with van der Waals surface area (Å²) in [6.45, 7) is 6.90. The lowest BCUT2D eigenvalue weighted by Crippen LogP contribution is -2.36. The van der Waals surface area contributed by atoms with Crippen molar-refractivity contribution in [1.82, 2.24) is 14.5 Å². The Morgan fingerprint density at radius 1 is 1.38 bits per heavy atom. The average Bonchev–Trinajstić information content (AvgIpc) is 2.85. The van der Waals surface area contributed by atoms with Crippen LogP contribution in [0, 0.1) is 0 Å². The van der Waals surface area contributed by atoms with Crippen molar-refractivity contribution >= 4 is 24.5 Å². The maximum absolute atomic E-state index is 12.0. The Morgan fingerprint density at radius 2 is 2.00 bits per heavy atom. The molecule has 7 nitrogen and oxygen atoms in total. The minimum atomic E-state index is -0.167.